The van der Waals surface area contributed by atoms with Gasteiger partial charge < -0.3 is 19.9 Å². The molecule has 2 fully saturated rings. The summed E-state index contributed by atoms with van der Waals surface area (Å²) in [6.45, 7) is 4.50. The Labute approximate surface area is 189 Å². The van der Waals surface area contributed by atoms with Crippen LogP contribution in [0.1, 0.15) is 69.7 Å². The van der Waals surface area contributed by atoms with Gasteiger partial charge in [0.1, 0.15) is 6.04 Å². The second-order valence-electron chi connectivity index (χ2n) is 9.43. The van der Waals surface area contributed by atoms with Crippen LogP contribution in [0, 0.1) is 17.8 Å². The van der Waals surface area contributed by atoms with Gasteiger partial charge in [0.25, 0.3) is 5.56 Å². The summed E-state index contributed by atoms with van der Waals surface area (Å²) in [5.74, 6) is -0.362. The van der Waals surface area contributed by atoms with E-state index in [4.69, 9.17) is 0 Å². The highest BCUT2D eigenvalue weighted by Crippen LogP contribution is 2.49. The molecule has 4 atom stereocenters. The Balaban J connectivity index is 1.64. The molecule has 174 valence electrons. The Kier molecular flexibility index (Phi) is 6.84. The van der Waals surface area contributed by atoms with Crippen LogP contribution in [-0.4, -0.2) is 45.6 Å². The number of hydrogen-bond acceptors (Lipinski definition) is 4. The quantitative estimate of drug-likeness (QED) is 0.710. The largest absolute Gasteiger partial charge is 0.396 e. The summed E-state index contributed by atoms with van der Waals surface area (Å²) in [7, 11) is 0. The number of nitrogens with one attached hydrogen (secondary N) is 1. The predicted molar refractivity (Wildman–Crippen MR) is 123 cm³/mol. The van der Waals surface area contributed by atoms with Gasteiger partial charge in [-0.3, -0.25) is 14.4 Å². The van der Waals surface area contributed by atoms with E-state index < -0.39 is 12.0 Å². The SMILES string of the molecule is C/C=C/c1ccc2n(c1=O)C[C@@H]1[C@@H](CO)[C@H](C(=O)NCC3CCCCC3)N(C(=O)CC)[C@H]21. The summed E-state index contributed by atoms with van der Waals surface area (Å²) in [5, 5.41) is 13.4. The van der Waals surface area contributed by atoms with Gasteiger partial charge in [0.15, 0.2) is 0 Å². The van der Waals surface area contributed by atoms with E-state index in [1.165, 1.54) is 19.3 Å². The summed E-state index contributed by atoms with van der Waals surface area (Å²) in [5.41, 5.74) is 1.27. The van der Waals surface area contributed by atoms with Crippen molar-refractivity contribution in [3.63, 3.8) is 0 Å². The first-order valence-corrected chi connectivity index (χ1v) is 12.1. The van der Waals surface area contributed by atoms with Gasteiger partial charge in [-0.2, -0.15) is 0 Å². The highest BCUT2D eigenvalue weighted by molar-refractivity contribution is 5.89. The molecule has 7 heteroatoms. The van der Waals surface area contributed by atoms with Crippen molar-refractivity contribution in [2.45, 2.75) is 71.0 Å². The molecule has 1 aromatic rings. The normalized spacial score (nSPS) is 27.5. The van der Waals surface area contributed by atoms with E-state index in [2.05, 4.69) is 5.32 Å². The molecular formula is C25H35N3O4. The number of allylic oxidation sites excluding steroid dienone is 1. The second kappa shape index (κ2) is 9.61. The van der Waals surface area contributed by atoms with Gasteiger partial charge >= 0.3 is 0 Å². The Morgan fingerprint density at radius 1 is 1.22 bits per heavy atom. The second-order valence-corrected chi connectivity index (χ2v) is 9.43. The average Bonchev–Trinajstić information content (AvgIpc) is 3.34. The molecule has 0 radical (unpaired) electrons. The van der Waals surface area contributed by atoms with Crippen molar-refractivity contribution < 1.29 is 14.7 Å². The lowest BCUT2D eigenvalue weighted by molar-refractivity contribution is -0.141. The van der Waals surface area contributed by atoms with Crippen LogP contribution in [0.4, 0.5) is 0 Å². The molecule has 2 N–H and O–H groups in total. The van der Waals surface area contributed by atoms with Crippen LogP contribution >= 0.6 is 0 Å². The molecule has 1 aromatic heterocycles. The van der Waals surface area contributed by atoms with E-state index in [9.17, 15) is 19.5 Å². The van der Waals surface area contributed by atoms with Gasteiger partial charge in [-0.25, -0.2) is 0 Å². The van der Waals surface area contributed by atoms with Crippen LogP contribution in [0.5, 0.6) is 0 Å². The van der Waals surface area contributed by atoms with Crippen molar-refractivity contribution in [3.05, 3.63) is 39.8 Å². The topological polar surface area (TPSA) is 91.6 Å². The molecule has 3 aliphatic rings. The lowest BCUT2D eigenvalue weighted by Crippen LogP contribution is -2.51. The van der Waals surface area contributed by atoms with Gasteiger partial charge in [0.2, 0.25) is 11.8 Å². The average molecular weight is 442 g/mol. The van der Waals surface area contributed by atoms with E-state index in [0.717, 1.165) is 18.5 Å². The molecule has 2 amide bonds. The number of fused-ring (bicyclic) bond motifs is 3. The molecular weight excluding hydrogens is 406 g/mol. The van der Waals surface area contributed by atoms with Crippen molar-refractivity contribution in [2.24, 2.45) is 17.8 Å². The molecule has 1 aliphatic carbocycles. The molecule has 0 bridgehead atoms. The molecule has 2 aliphatic heterocycles. The van der Waals surface area contributed by atoms with Gasteiger partial charge in [-0.15, -0.1) is 0 Å². The summed E-state index contributed by atoms with van der Waals surface area (Å²) in [6, 6.07) is 2.62. The van der Waals surface area contributed by atoms with Crippen LogP contribution in [0.25, 0.3) is 6.08 Å². The third-order valence-corrected chi connectivity index (χ3v) is 7.60. The number of carbonyl (C=O) groups excluding carboxylic acids is 2. The molecule has 4 rings (SSSR count). The maximum atomic E-state index is 13.3. The van der Waals surface area contributed by atoms with Gasteiger partial charge in [0.05, 0.1) is 6.04 Å². The minimum absolute atomic E-state index is 0.0890. The fourth-order valence-corrected chi connectivity index (χ4v) is 6.01. The van der Waals surface area contributed by atoms with Crippen molar-refractivity contribution in [1.29, 1.82) is 0 Å². The highest BCUT2D eigenvalue weighted by Gasteiger charge is 2.56. The number of aliphatic hydroxyl groups is 1. The van der Waals surface area contributed by atoms with E-state index >= 15 is 0 Å². The number of nitrogens with zero attached hydrogens (tertiary/aromatic N) is 2. The first kappa shape index (κ1) is 22.8. The summed E-state index contributed by atoms with van der Waals surface area (Å²) in [6.07, 6.45) is 9.80. The molecule has 0 unspecified atom stereocenters. The number of aliphatic hydroxyl groups excluding tert-OH is 1. The van der Waals surface area contributed by atoms with E-state index in [0.29, 0.717) is 24.6 Å². The van der Waals surface area contributed by atoms with Crippen LogP contribution in [0.2, 0.25) is 0 Å². The Morgan fingerprint density at radius 2 is 1.97 bits per heavy atom. The lowest BCUT2D eigenvalue weighted by atomic mass is 9.87. The summed E-state index contributed by atoms with van der Waals surface area (Å²) in [4.78, 5) is 41.1. The van der Waals surface area contributed by atoms with Crippen LogP contribution in [0.3, 0.4) is 0 Å². The number of carbonyl (C=O) groups is 2. The Morgan fingerprint density at radius 3 is 2.62 bits per heavy atom. The molecule has 32 heavy (non-hydrogen) atoms. The number of likely N-dealkylation sites (tertiary alicyclic amines) is 1. The first-order valence-electron chi connectivity index (χ1n) is 12.1. The Hall–Kier alpha value is -2.41. The van der Waals surface area contributed by atoms with Crippen molar-refractivity contribution in [2.75, 3.05) is 13.2 Å². The minimum Gasteiger partial charge on any atom is -0.396 e. The Bertz CT molecular complexity index is 947. The fraction of sp³-hybridized carbons (Fsp3) is 0.640. The van der Waals surface area contributed by atoms with E-state index in [-0.39, 0.29) is 42.4 Å². The number of pyridine rings is 1. The minimum atomic E-state index is -0.704. The summed E-state index contributed by atoms with van der Waals surface area (Å²) < 4.78 is 1.72. The summed E-state index contributed by atoms with van der Waals surface area (Å²) >= 11 is 0. The fourth-order valence-electron chi connectivity index (χ4n) is 6.01. The van der Waals surface area contributed by atoms with Crippen LogP contribution in [-0.2, 0) is 16.1 Å². The lowest BCUT2D eigenvalue weighted by Gasteiger charge is -2.31. The maximum Gasteiger partial charge on any atom is 0.258 e. The molecule has 7 nitrogen and oxygen atoms in total. The number of hydrogen-bond donors (Lipinski definition) is 2. The molecule has 3 heterocycles. The van der Waals surface area contributed by atoms with E-state index in [1.807, 2.05) is 19.1 Å². The zero-order valence-electron chi connectivity index (χ0n) is 19.1. The van der Waals surface area contributed by atoms with Gasteiger partial charge in [0, 0.05) is 49.2 Å². The first-order chi connectivity index (χ1) is 15.5. The van der Waals surface area contributed by atoms with Crippen molar-refractivity contribution in [1.82, 2.24) is 14.8 Å². The zero-order valence-corrected chi connectivity index (χ0v) is 19.1. The maximum absolute atomic E-state index is 13.3. The van der Waals surface area contributed by atoms with Crippen LogP contribution in [0.15, 0.2) is 23.0 Å². The number of amides is 2. The number of rotatable bonds is 6. The molecule has 0 aromatic carbocycles. The molecule has 0 spiro atoms. The van der Waals surface area contributed by atoms with E-state index in [1.54, 1.807) is 28.5 Å². The number of aromatic nitrogens is 1. The van der Waals surface area contributed by atoms with Crippen LogP contribution < -0.4 is 10.9 Å². The third-order valence-electron chi connectivity index (χ3n) is 7.60. The van der Waals surface area contributed by atoms with Gasteiger partial charge in [-0.05, 0) is 37.8 Å². The highest BCUT2D eigenvalue weighted by atomic mass is 16.3. The third kappa shape index (κ3) is 3.91. The molecule has 1 saturated carbocycles. The monoisotopic (exact) mass is 441 g/mol. The molecule has 1 saturated heterocycles. The predicted octanol–water partition coefficient (Wildman–Crippen LogP) is 2.48. The standard InChI is InChI=1S/C25H35N3O4/c1-3-8-17-11-12-20-22-18(14-27(20)25(17)32)19(15-29)23(28(22)21(30)4-2)24(31)26-13-16-9-6-5-7-10-16/h3,8,11-12,16,18-19,22-23,29H,4-7,9-10,13-15H2,1-2H3,(H,26,31)/b8-3+/t18-,19-,22+,23-/m1/s1. The zero-order chi connectivity index (χ0) is 22.8. The van der Waals surface area contributed by atoms with Crippen molar-refractivity contribution >= 4 is 17.9 Å². The van der Waals surface area contributed by atoms with Gasteiger partial charge in [-0.1, -0.05) is 38.3 Å². The smallest absolute Gasteiger partial charge is 0.258 e. The van der Waals surface area contributed by atoms with Crippen molar-refractivity contribution in [3.8, 4) is 0 Å².